The fourth-order valence-electron chi connectivity index (χ4n) is 2.75. The van der Waals surface area contributed by atoms with Crippen LogP contribution in [0.1, 0.15) is 17.3 Å². The van der Waals surface area contributed by atoms with Gasteiger partial charge in [-0.1, -0.05) is 23.7 Å². The zero-order valence-corrected chi connectivity index (χ0v) is 15.8. The molecule has 8 heteroatoms. The number of morpholine rings is 1. The number of nitrogens with zero attached hydrogens (tertiary/aromatic N) is 1. The molecule has 1 atom stereocenters. The van der Waals surface area contributed by atoms with E-state index in [4.69, 9.17) is 16.3 Å². The molecule has 0 aromatic heterocycles. The normalized spacial score (nSPS) is 17.8. The van der Waals surface area contributed by atoms with Gasteiger partial charge in [0.25, 0.3) is 15.9 Å². The lowest BCUT2D eigenvalue weighted by molar-refractivity contribution is -0.0123. The summed E-state index contributed by atoms with van der Waals surface area (Å²) < 4.78 is 33.2. The lowest BCUT2D eigenvalue weighted by atomic mass is 10.1. The maximum Gasteiger partial charge on any atom is 0.261 e. The van der Waals surface area contributed by atoms with E-state index < -0.39 is 10.0 Å². The zero-order valence-electron chi connectivity index (χ0n) is 14.2. The Hall–Kier alpha value is -2.09. The largest absolute Gasteiger partial charge is 0.375 e. The average Bonchev–Trinajstić information content (AvgIpc) is 2.62. The number of carbonyl (C=O) groups is 1. The number of hydrogen-bond donors (Lipinski definition) is 1. The van der Waals surface area contributed by atoms with Crippen LogP contribution in [0.5, 0.6) is 0 Å². The molecule has 1 saturated heterocycles. The van der Waals surface area contributed by atoms with E-state index in [1.165, 1.54) is 24.3 Å². The molecule has 2 aromatic rings. The molecule has 1 fully saturated rings. The predicted octanol–water partition coefficient (Wildman–Crippen LogP) is 3.00. The average molecular weight is 395 g/mol. The van der Waals surface area contributed by atoms with Gasteiger partial charge in [-0.3, -0.25) is 9.52 Å². The topological polar surface area (TPSA) is 75.7 Å². The molecule has 138 valence electrons. The molecular weight excluding hydrogens is 376 g/mol. The van der Waals surface area contributed by atoms with E-state index in [9.17, 15) is 13.2 Å². The first-order chi connectivity index (χ1) is 12.4. The number of para-hydroxylation sites is 1. The third-order valence-corrected chi connectivity index (χ3v) is 5.69. The van der Waals surface area contributed by atoms with Crippen molar-refractivity contribution >= 4 is 33.2 Å². The van der Waals surface area contributed by atoms with Gasteiger partial charge in [0.2, 0.25) is 0 Å². The highest BCUT2D eigenvalue weighted by molar-refractivity contribution is 7.92. The van der Waals surface area contributed by atoms with Crippen molar-refractivity contribution in [3.63, 3.8) is 0 Å². The van der Waals surface area contributed by atoms with Gasteiger partial charge in [0, 0.05) is 18.1 Å². The minimum atomic E-state index is -3.83. The van der Waals surface area contributed by atoms with Crippen LogP contribution in [0.25, 0.3) is 0 Å². The minimum absolute atomic E-state index is 0.0504. The Kier molecular flexibility index (Phi) is 5.50. The van der Waals surface area contributed by atoms with Crippen LogP contribution >= 0.6 is 11.6 Å². The van der Waals surface area contributed by atoms with Gasteiger partial charge in [-0.05, 0) is 43.3 Å². The first-order valence-electron chi connectivity index (χ1n) is 8.15. The minimum Gasteiger partial charge on any atom is -0.375 e. The number of benzene rings is 2. The van der Waals surface area contributed by atoms with E-state index in [1.54, 1.807) is 29.2 Å². The molecule has 26 heavy (non-hydrogen) atoms. The summed E-state index contributed by atoms with van der Waals surface area (Å²) >= 11 is 5.81. The van der Waals surface area contributed by atoms with E-state index in [0.717, 1.165) is 0 Å². The second-order valence-corrected chi connectivity index (χ2v) is 8.16. The van der Waals surface area contributed by atoms with Crippen molar-refractivity contribution in [2.45, 2.75) is 17.9 Å². The summed E-state index contributed by atoms with van der Waals surface area (Å²) in [5.74, 6) is -0.227. The Bertz CT molecular complexity index is 900. The first kappa shape index (κ1) is 18.7. The number of ether oxygens (including phenoxy) is 1. The highest BCUT2D eigenvalue weighted by Crippen LogP contribution is 2.23. The summed E-state index contributed by atoms with van der Waals surface area (Å²) in [6, 6.07) is 12.4. The number of carbonyl (C=O) groups excluding carboxylic acids is 1. The fourth-order valence-corrected chi connectivity index (χ4v) is 3.96. The molecule has 0 bridgehead atoms. The lowest BCUT2D eigenvalue weighted by Gasteiger charge is -2.31. The molecule has 0 spiro atoms. The number of amides is 1. The molecule has 0 saturated carbocycles. The van der Waals surface area contributed by atoms with Gasteiger partial charge >= 0.3 is 0 Å². The second-order valence-electron chi connectivity index (χ2n) is 6.04. The Labute approximate surface area is 157 Å². The Morgan fingerprint density at radius 1 is 1.19 bits per heavy atom. The van der Waals surface area contributed by atoms with Crippen molar-refractivity contribution in [3.05, 3.63) is 59.1 Å². The smallest absolute Gasteiger partial charge is 0.261 e. The quantitative estimate of drug-likeness (QED) is 0.864. The van der Waals surface area contributed by atoms with Crippen molar-refractivity contribution in [2.24, 2.45) is 0 Å². The molecule has 0 aliphatic carbocycles. The summed E-state index contributed by atoms with van der Waals surface area (Å²) in [5, 5.41) is 0.445. The molecule has 1 amide bonds. The number of rotatable bonds is 4. The number of hydrogen-bond acceptors (Lipinski definition) is 4. The molecule has 3 rings (SSSR count). The summed E-state index contributed by atoms with van der Waals surface area (Å²) in [4.78, 5) is 14.6. The lowest BCUT2D eigenvalue weighted by Crippen LogP contribution is -2.44. The molecule has 6 nitrogen and oxygen atoms in total. The van der Waals surface area contributed by atoms with Crippen LogP contribution in [0.2, 0.25) is 5.02 Å². The third kappa shape index (κ3) is 4.17. The van der Waals surface area contributed by atoms with Crippen LogP contribution in [-0.2, 0) is 14.8 Å². The Morgan fingerprint density at radius 3 is 2.58 bits per heavy atom. The Balaban J connectivity index is 1.87. The molecule has 1 aliphatic rings. The van der Waals surface area contributed by atoms with Crippen molar-refractivity contribution < 1.29 is 17.9 Å². The maximum absolute atomic E-state index is 12.9. The number of halogens is 1. The molecule has 1 N–H and O–H groups in total. The van der Waals surface area contributed by atoms with E-state index in [-0.39, 0.29) is 22.6 Å². The highest BCUT2D eigenvalue weighted by atomic mass is 35.5. The van der Waals surface area contributed by atoms with Crippen LogP contribution in [0.3, 0.4) is 0 Å². The van der Waals surface area contributed by atoms with Crippen molar-refractivity contribution in [3.8, 4) is 0 Å². The first-order valence-corrected chi connectivity index (χ1v) is 10.0. The van der Waals surface area contributed by atoms with Crippen LogP contribution in [0.4, 0.5) is 5.69 Å². The van der Waals surface area contributed by atoms with Crippen molar-refractivity contribution in [1.29, 1.82) is 0 Å². The fraction of sp³-hybridized carbons (Fsp3) is 0.278. The van der Waals surface area contributed by atoms with Crippen LogP contribution in [0.15, 0.2) is 53.4 Å². The second kappa shape index (κ2) is 7.65. The molecule has 2 aromatic carbocycles. The van der Waals surface area contributed by atoms with Crippen molar-refractivity contribution in [2.75, 3.05) is 24.4 Å². The van der Waals surface area contributed by atoms with Gasteiger partial charge in [-0.15, -0.1) is 0 Å². The van der Waals surface area contributed by atoms with E-state index in [1.807, 2.05) is 6.92 Å². The molecular formula is C18H19ClN2O4S. The molecule has 1 unspecified atom stereocenters. The Morgan fingerprint density at radius 2 is 1.88 bits per heavy atom. The van der Waals surface area contributed by atoms with Crippen LogP contribution in [0, 0.1) is 0 Å². The summed E-state index contributed by atoms with van der Waals surface area (Å²) in [7, 11) is -3.83. The number of anilines is 1. The van der Waals surface area contributed by atoms with Crippen LogP contribution in [-0.4, -0.2) is 45.0 Å². The third-order valence-electron chi connectivity index (χ3n) is 4.05. The molecule has 1 aliphatic heterocycles. The monoisotopic (exact) mass is 394 g/mol. The van der Waals surface area contributed by atoms with E-state index >= 15 is 0 Å². The predicted molar refractivity (Wildman–Crippen MR) is 100 cm³/mol. The number of nitrogens with one attached hydrogen (secondary N) is 1. The summed E-state index contributed by atoms with van der Waals surface area (Å²) in [5.41, 5.74) is 0.547. The molecule has 1 heterocycles. The van der Waals surface area contributed by atoms with E-state index in [2.05, 4.69) is 4.72 Å². The SMILES string of the molecule is CC1CN(C(=O)c2ccccc2NS(=O)(=O)c2ccc(Cl)cc2)CCO1. The number of sulfonamides is 1. The van der Waals surface area contributed by atoms with Gasteiger partial charge < -0.3 is 9.64 Å². The van der Waals surface area contributed by atoms with Gasteiger partial charge in [-0.2, -0.15) is 0 Å². The van der Waals surface area contributed by atoms with Crippen molar-refractivity contribution in [1.82, 2.24) is 4.90 Å². The van der Waals surface area contributed by atoms with Crippen LogP contribution < -0.4 is 4.72 Å². The van der Waals surface area contributed by atoms with Gasteiger partial charge in [0.05, 0.1) is 28.9 Å². The standard InChI is InChI=1S/C18H19ClN2O4S/c1-13-12-21(10-11-25-13)18(22)16-4-2-3-5-17(16)20-26(23,24)15-8-6-14(19)7-9-15/h2-9,13,20H,10-12H2,1H3. The maximum atomic E-state index is 12.9. The summed E-state index contributed by atoms with van der Waals surface area (Å²) in [6.45, 7) is 3.30. The highest BCUT2D eigenvalue weighted by Gasteiger charge is 2.25. The van der Waals surface area contributed by atoms with Gasteiger partial charge in [-0.25, -0.2) is 8.42 Å². The van der Waals surface area contributed by atoms with Gasteiger partial charge in [0.1, 0.15) is 0 Å². The van der Waals surface area contributed by atoms with Gasteiger partial charge in [0.15, 0.2) is 0 Å². The summed E-state index contributed by atoms with van der Waals surface area (Å²) in [6.07, 6.45) is -0.0504. The van der Waals surface area contributed by atoms with E-state index in [0.29, 0.717) is 30.3 Å². The molecule has 0 radical (unpaired) electrons. The zero-order chi connectivity index (χ0) is 18.7.